The van der Waals surface area contributed by atoms with Gasteiger partial charge in [-0.3, -0.25) is 28.9 Å². The van der Waals surface area contributed by atoms with Crippen LogP contribution >= 0.6 is 0 Å². The summed E-state index contributed by atoms with van der Waals surface area (Å²) < 4.78 is 5.94. The first-order valence-electron chi connectivity index (χ1n) is 12.7. The Labute approximate surface area is 216 Å². The largest absolute Gasteiger partial charge is 0.493 e. The molecule has 0 heterocycles. The van der Waals surface area contributed by atoms with E-state index in [1.165, 1.54) is 4.90 Å². The molecule has 6 atom stereocenters. The summed E-state index contributed by atoms with van der Waals surface area (Å²) in [5.41, 5.74) is 4.55. The van der Waals surface area contributed by atoms with Crippen LogP contribution in [-0.4, -0.2) is 85.5 Å². The zero-order valence-corrected chi connectivity index (χ0v) is 21.9. The van der Waals surface area contributed by atoms with Gasteiger partial charge in [-0.25, -0.2) is 0 Å². The topological polar surface area (TPSA) is 147 Å². The van der Waals surface area contributed by atoms with E-state index in [1.54, 1.807) is 20.2 Å². The quantitative estimate of drug-likeness (QED) is 0.391. The van der Waals surface area contributed by atoms with Crippen molar-refractivity contribution in [3.63, 3.8) is 0 Å². The van der Waals surface area contributed by atoms with Gasteiger partial charge in [0.25, 0.3) is 0 Å². The van der Waals surface area contributed by atoms with Crippen molar-refractivity contribution >= 4 is 34.7 Å². The number of nitrogens with two attached hydrogens (primary N) is 1. The number of Topliss-reactive ketones (excluding diaryl/α,β-unsaturated/α-hetero) is 4. The van der Waals surface area contributed by atoms with E-state index in [2.05, 4.69) is 0 Å². The number of ether oxygens (including phenoxy) is 1. The van der Waals surface area contributed by atoms with Gasteiger partial charge in [0.1, 0.15) is 5.75 Å². The summed E-state index contributed by atoms with van der Waals surface area (Å²) in [6, 6.07) is 2.50. The maximum Gasteiger partial charge on any atom is 0.235 e. The molecule has 0 spiro atoms. The molecule has 3 aliphatic carbocycles. The zero-order valence-electron chi connectivity index (χ0n) is 21.9. The Morgan fingerprint density at radius 3 is 2.38 bits per heavy atom. The number of nitrogens with zero attached hydrogens (tertiary/aromatic N) is 2. The van der Waals surface area contributed by atoms with Crippen molar-refractivity contribution in [2.45, 2.75) is 44.2 Å². The summed E-state index contributed by atoms with van der Waals surface area (Å²) in [6.45, 7) is 2.42. The fraction of sp³-hybridized carbons (Fsp3) is 0.593. The lowest BCUT2D eigenvalue weighted by Crippen LogP contribution is -2.74. The number of amides is 1. The SMILES string of the molecule is CCCCOc1ccc(N(C)C)c2c1C(=O)C1C(=O)[C@]3(O)C(=O)C(C(N)=O)C(=O)[C@@H](N(C)C)[C@@H]3C[C@@H]1C2. The van der Waals surface area contributed by atoms with Crippen LogP contribution in [0.3, 0.4) is 0 Å². The van der Waals surface area contributed by atoms with Gasteiger partial charge in [-0.05, 0) is 57.0 Å². The van der Waals surface area contributed by atoms with Crippen LogP contribution in [0.2, 0.25) is 0 Å². The number of carbonyl (C=O) groups is 5. The smallest absolute Gasteiger partial charge is 0.235 e. The van der Waals surface area contributed by atoms with Gasteiger partial charge in [0.05, 0.1) is 24.1 Å². The lowest BCUT2D eigenvalue weighted by molar-refractivity contribution is -0.181. The minimum Gasteiger partial charge on any atom is -0.493 e. The summed E-state index contributed by atoms with van der Waals surface area (Å²) in [4.78, 5) is 70.0. The zero-order chi connectivity index (χ0) is 27.4. The number of aliphatic hydroxyl groups is 1. The average molecular weight is 514 g/mol. The maximum atomic E-state index is 14.0. The van der Waals surface area contributed by atoms with Crippen LogP contribution in [0.1, 0.15) is 42.1 Å². The highest BCUT2D eigenvalue weighted by atomic mass is 16.5. The van der Waals surface area contributed by atoms with Gasteiger partial charge in [0.15, 0.2) is 34.7 Å². The highest BCUT2D eigenvalue weighted by molar-refractivity contribution is 6.32. The van der Waals surface area contributed by atoms with E-state index < -0.39 is 64.4 Å². The molecule has 2 saturated carbocycles. The first-order valence-corrected chi connectivity index (χ1v) is 12.7. The van der Waals surface area contributed by atoms with Crippen molar-refractivity contribution < 1.29 is 33.8 Å². The first-order chi connectivity index (χ1) is 17.4. The number of ketones is 4. The number of likely N-dealkylation sites (N-methyl/N-ethyl adjacent to an activating group) is 1. The lowest BCUT2D eigenvalue weighted by atomic mass is 9.52. The van der Waals surface area contributed by atoms with Gasteiger partial charge in [0.2, 0.25) is 5.91 Å². The molecule has 2 fully saturated rings. The molecule has 0 aliphatic heterocycles. The number of unbranched alkanes of at least 4 members (excludes halogenated alkanes) is 1. The van der Waals surface area contributed by atoms with Crippen molar-refractivity contribution in [1.29, 1.82) is 0 Å². The average Bonchev–Trinajstić information content (AvgIpc) is 2.81. The Morgan fingerprint density at radius 1 is 1.14 bits per heavy atom. The second-order valence-corrected chi connectivity index (χ2v) is 10.8. The molecule has 10 heteroatoms. The molecule has 4 rings (SSSR count). The summed E-state index contributed by atoms with van der Waals surface area (Å²) >= 11 is 0. The van der Waals surface area contributed by atoms with Gasteiger partial charge in [-0.2, -0.15) is 0 Å². The Hall–Kier alpha value is -3.11. The van der Waals surface area contributed by atoms with E-state index in [-0.39, 0.29) is 12.0 Å². The van der Waals surface area contributed by atoms with Crippen molar-refractivity contribution in [2.75, 3.05) is 39.7 Å². The standard InChI is InChI=1S/C27H35N3O7/c1-6-7-10-37-17-9-8-16(29(2)3)14-11-13-12-15-21(30(4)5)23(32)20(26(28)35)25(34)27(15,36)24(33)18(13)22(31)19(14)17/h8-9,13,15,18,20-21,36H,6-7,10-12H2,1-5H3,(H2,28,35)/t13-,15-,18?,20?,21-,27-/m0/s1. The van der Waals surface area contributed by atoms with Crippen molar-refractivity contribution in [3.05, 3.63) is 23.3 Å². The number of hydrogen-bond acceptors (Lipinski definition) is 9. The van der Waals surface area contributed by atoms with Crippen LogP contribution in [0.25, 0.3) is 0 Å². The highest BCUT2D eigenvalue weighted by Crippen LogP contribution is 2.51. The molecule has 0 saturated heterocycles. The summed E-state index contributed by atoms with van der Waals surface area (Å²) in [5, 5.41) is 11.7. The molecule has 0 aromatic heterocycles. The van der Waals surface area contributed by atoms with Crippen LogP contribution in [0, 0.1) is 23.7 Å². The third kappa shape index (κ3) is 3.97. The molecule has 1 amide bonds. The number of hydrogen-bond donors (Lipinski definition) is 2. The predicted octanol–water partition coefficient (Wildman–Crippen LogP) is 0.406. The van der Waals surface area contributed by atoms with Crippen LogP contribution in [-0.2, 0) is 25.6 Å². The second-order valence-electron chi connectivity index (χ2n) is 10.8. The van der Waals surface area contributed by atoms with E-state index in [0.29, 0.717) is 18.8 Å². The third-order valence-electron chi connectivity index (χ3n) is 8.14. The number of primary amides is 1. The van der Waals surface area contributed by atoms with E-state index in [0.717, 1.165) is 24.1 Å². The number of anilines is 1. The molecule has 1 aromatic carbocycles. The molecular weight excluding hydrogens is 478 g/mol. The Balaban J connectivity index is 1.85. The van der Waals surface area contributed by atoms with Crippen molar-refractivity contribution in [1.82, 2.24) is 4.90 Å². The van der Waals surface area contributed by atoms with Gasteiger partial charge in [-0.1, -0.05) is 13.3 Å². The fourth-order valence-electron chi connectivity index (χ4n) is 6.44. The van der Waals surface area contributed by atoms with Gasteiger partial charge >= 0.3 is 0 Å². The number of carbonyl (C=O) groups excluding carboxylic acids is 5. The first kappa shape index (κ1) is 26.9. The van der Waals surface area contributed by atoms with Crippen molar-refractivity contribution in [2.24, 2.45) is 29.4 Å². The van der Waals surface area contributed by atoms with Crippen LogP contribution in [0.4, 0.5) is 5.69 Å². The van der Waals surface area contributed by atoms with Gasteiger partial charge in [0, 0.05) is 25.7 Å². The van der Waals surface area contributed by atoms with Gasteiger partial charge in [-0.15, -0.1) is 0 Å². The monoisotopic (exact) mass is 513 g/mol. The predicted molar refractivity (Wildman–Crippen MR) is 134 cm³/mol. The van der Waals surface area contributed by atoms with E-state index in [9.17, 15) is 29.1 Å². The number of benzene rings is 1. The highest BCUT2D eigenvalue weighted by Gasteiger charge is 2.69. The minimum atomic E-state index is -2.67. The normalized spacial score (nSPS) is 31.1. The Kier molecular flexibility index (Phi) is 7.02. The fourth-order valence-corrected chi connectivity index (χ4v) is 6.44. The molecule has 200 valence electrons. The number of rotatable bonds is 7. The Morgan fingerprint density at radius 2 is 1.81 bits per heavy atom. The van der Waals surface area contributed by atoms with E-state index in [1.807, 2.05) is 32.0 Å². The summed E-state index contributed by atoms with van der Waals surface area (Å²) in [6.07, 6.45) is 2.11. The maximum absolute atomic E-state index is 14.0. The lowest BCUT2D eigenvalue weighted by Gasteiger charge is -2.52. The molecule has 3 aliphatic rings. The molecule has 10 nitrogen and oxygen atoms in total. The molecular formula is C27H35N3O7. The van der Waals surface area contributed by atoms with Gasteiger partial charge < -0.3 is 20.5 Å². The Bertz CT molecular complexity index is 1180. The molecule has 3 N–H and O–H groups in total. The van der Waals surface area contributed by atoms with Crippen LogP contribution in [0.15, 0.2) is 12.1 Å². The molecule has 37 heavy (non-hydrogen) atoms. The molecule has 0 radical (unpaired) electrons. The third-order valence-corrected chi connectivity index (χ3v) is 8.14. The molecule has 1 aromatic rings. The summed E-state index contributed by atoms with van der Waals surface area (Å²) in [5.74, 6) is -9.17. The van der Waals surface area contributed by atoms with Crippen LogP contribution < -0.4 is 15.4 Å². The molecule has 0 bridgehead atoms. The second kappa shape index (κ2) is 9.64. The van der Waals surface area contributed by atoms with Crippen molar-refractivity contribution in [3.8, 4) is 5.75 Å². The van der Waals surface area contributed by atoms with Crippen LogP contribution in [0.5, 0.6) is 5.75 Å². The number of fused-ring (bicyclic) bond motifs is 3. The van der Waals surface area contributed by atoms with E-state index in [4.69, 9.17) is 10.5 Å². The summed E-state index contributed by atoms with van der Waals surface area (Å²) in [7, 11) is 6.88. The van der Waals surface area contributed by atoms with E-state index >= 15 is 0 Å². The minimum absolute atomic E-state index is 0.0810. The molecule has 2 unspecified atom stereocenters.